The van der Waals surface area contributed by atoms with Gasteiger partial charge in [0.2, 0.25) is 0 Å². The van der Waals surface area contributed by atoms with Crippen molar-refractivity contribution in [2.75, 3.05) is 14.2 Å². The summed E-state index contributed by atoms with van der Waals surface area (Å²) in [6.45, 7) is 0. The van der Waals surface area contributed by atoms with E-state index < -0.39 is 11.9 Å². The Morgan fingerprint density at radius 1 is 1.07 bits per heavy atom. The summed E-state index contributed by atoms with van der Waals surface area (Å²) in [5, 5.41) is 9.22. The number of nitrogens with zero attached hydrogens (tertiary/aromatic N) is 1. The number of carbonyl (C=O) groups excluding carboxylic acids is 2. The van der Waals surface area contributed by atoms with Crippen molar-refractivity contribution in [1.82, 2.24) is 0 Å². The maximum Gasteiger partial charge on any atom is 0.349 e. The number of primary amides is 1. The predicted octanol–water partition coefficient (Wildman–Crippen LogP) is 3.62. The molecular formula is C19H14Cl2N2O5. The van der Waals surface area contributed by atoms with Crippen LogP contribution in [0.3, 0.4) is 0 Å². The van der Waals surface area contributed by atoms with Gasteiger partial charge in [-0.15, -0.1) is 0 Å². The van der Waals surface area contributed by atoms with Crippen molar-refractivity contribution in [3.05, 3.63) is 57.1 Å². The van der Waals surface area contributed by atoms with Crippen LogP contribution in [-0.2, 0) is 4.79 Å². The van der Waals surface area contributed by atoms with Gasteiger partial charge in [-0.1, -0.05) is 29.3 Å². The van der Waals surface area contributed by atoms with E-state index in [1.807, 2.05) is 0 Å². The molecule has 2 N–H and O–H groups in total. The number of hydrogen-bond acceptors (Lipinski definition) is 6. The minimum atomic E-state index is -0.861. The second kappa shape index (κ2) is 9.13. The zero-order valence-electron chi connectivity index (χ0n) is 14.8. The summed E-state index contributed by atoms with van der Waals surface area (Å²) in [6, 6.07) is 9.06. The molecule has 9 heteroatoms. The number of halogens is 2. The Kier molecular flexibility index (Phi) is 6.88. The monoisotopic (exact) mass is 420 g/mol. The molecule has 144 valence electrons. The number of nitriles is 1. The van der Waals surface area contributed by atoms with Crippen LogP contribution in [0.2, 0.25) is 10.0 Å². The first-order valence-corrected chi connectivity index (χ1v) is 8.41. The minimum absolute atomic E-state index is 0.0387. The van der Waals surface area contributed by atoms with Gasteiger partial charge in [0, 0.05) is 0 Å². The minimum Gasteiger partial charge on any atom is -0.494 e. The third-order valence-electron chi connectivity index (χ3n) is 3.55. The highest BCUT2D eigenvalue weighted by atomic mass is 35.5. The van der Waals surface area contributed by atoms with Crippen LogP contribution in [0.1, 0.15) is 15.9 Å². The molecule has 0 atom stereocenters. The van der Waals surface area contributed by atoms with Gasteiger partial charge in [-0.05, 0) is 35.9 Å². The zero-order chi connectivity index (χ0) is 20.8. The highest BCUT2D eigenvalue weighted by molar-refractivity contribution is 6.37. The Morgan fingerprint density at radius 3 is 2.32 bits per heavy atom. The van der Waals surface area contributed by atoms with Crippen LogP contribution < -0.4 is 19.9 Å². The molecule has 0 aliphatic carbocycles. The van der Waals surface area contributed by atoms with Gasteiger partial charge in [0.15, 0.2) is 17.2 Å². The number of esters is 1. The first-order valence-electron chi connectivity index (χ1n) is 7.66. The molecule has 7 nitrogen and oxygen atoms in total. The summed E-state index contributed by atoms with van der Waals surface area (Å²) in [5.74, 6) is -1.32. The van der Waals surface area contributed by atoms with E-state index in [1.54, 1.807) is 6.07 Å². The van der Waals surface area contributed by atoms with Gasteiger partial charge >= 0.3 is 5.97 Å². The second-order valence-electron chi connectivity index (χ2n) is 5.27. The first kappa shape index (κ1) is 21.1. The molecule has 2 aromatic rings. The summed E-state index contributed by atoms with van der Waals surface area (Å²) >= 11 is 12.1. The molecule has 0 unspecified atom stereocenters. The molecule has 0 heterocycles. The number of ether oxygens (including phenoxy) is 3. The molecule has 2 aromatic carbocycles. The number of benzene rings is 2. The van der Waals surface area contributed by atoms with Gasteiger partial charge in [0.25, 0.3) is 5.91 Å². The number of nitrogens with two attached hydrogens (primary N) is 1. The standard InChI is InChI=1S/C19H14Cl2N2O5/c1-26-15-8-10(7-11(9-22)18(23)24)3-6-14(15)28-19(25)16-12(20)4-5-13(21)17(16)27-2/h3-8H,1-2H3,(H2,23,24). The van der Waals surface area contributed by atoms with E-state index in [-0.39, 0.29) is 38.4 Å². The molecular weight excluding hydrogens is 407 g/mol. The SMILES string of the molecule is COc1cc(C=C(C#N)C(N)=O)ccc1OC(=O)c1c(Cl)ccc(Cl)c1OC. The van der Waals surface area contributed by atoms with Crippen molar-refractivity contribution in [3.8, 4) is 23.3 Å². The lowest BCUT2D eigenvalue weighted by Crippen LogP contribution is -2.12. The van der Waals surface area contributed by atoms with Crippen LogP contribution in [0.4, 0.5) is 0 Å². The van der Waals surface area contributed by atoms with Crippen molar-refractivity contribution >= 4 is 41.2 Å². The summed E-state index contributed by atoms with van der Waals surface area (Å²) in [5.41, 5.74) is 5.29. The fourth-order valence-electron chi connectivity index (χ4n) is 2.26. The summed E-state index contributed by atoms with van der Waals surface area (Å²) in [4.78, 5) is 23.8. The van der Waals surface area contributed by atoms with E-state index in [4.69, 9.17) is 48.4 Å². The molecule has 0 saturated carbocycles. The number of methoxy groups -OCH3 is 2. The molecule has 0 spiro atoms. The van der Waals surface area contributed by atoms with E-state index in [1.165, 1.54) is 50.6 Å². The van der Waals surface area contributed by atoms with Crippen molar-refractivity contribution < 1.29 is 23.8 Å². The van der Waals surface area contributed by atoms with Gasteiger partial charge in [-0.2, -0.15) is 5.26 Å². The highest BCUT2D eigenvalue weighted by Gasteiger charge is 2.22. The van der Waals surface area contributed by atoms with Gasteiger partial charge in [0.05, 0.1) is 24.3 Å². The van der Waals surface area contributed by atoms with Crippen molar-refractivity contribution in [1.29, 1.82) is 5.26 Å². The molecule has 0 fully saturated rings. The summed E-state index contributed by atoms with van der Waals surface area (Å²) < 4.78 is 15.7. The van der Waals surface area contributed by atoms with Crippen LogP contribution in [0.5, 0.6) is 17.2 Å². The fraction of sp³-hybridized carbons (Fsp3) is 0.105. The summed E-state index contributed by atoms with van der Waals surface area (Å²) in [6.07, 6.45) is 1.29. The van der Waals surface area contributed by atoms with Gasteiger partial charge in [0.1, 0.15) is 17.2 Å². The smallest absolute Gasteiger partial charge is 0.349 e. The average Bonchev–Trinajstić information content (AvgIpc) is 2.67. The molecule has 2 rings (SSSR count). The lowest BCUT2D eigenvalue weighted by Gasteiger charge is -2.13. The first-order chi connectivity index (χ1) is 13.3. The molecule has 0 radical (unpaired) electrons. The number of hydrogen-bond donors (Lipinski definition) is 1. The zero-order valence-corrected chi connectivity index (χ0v) is 16.3. The predicted molar refractivity (Wildman–Crippen MR) is 104 cm³/mol. The van der Waals surface area contributed by atoms with Crippen molar-refractivity contribution in [2.45, 2.75) is 0 Å². The van der Waals surface area contributed by atoms with E-state index in [2.05, 4.69) is 0 Å². The van der Waals surface area contributed by atoms with Gasteiger partial charge in [-0.25, -0.2) is 4.79 Å². The van der Waals surface area contributed by atoms with Crippen molar-refractivity contribution in [2.24, 2.45) is 5.73 Å². The molecule has 0 aliphatic heterocycles. The lowest BCUT2D eigenvalue weighted by molar-refractivity contribution is -0.114. The fourth-order valence-corrected chi connectivity index (χ4v) is 2.72. The van der Waals surface area contributed by atoms with E-state index >= 15 is 0 Å². The quantitative estimate of drug-likeness (QED) is 0.330. The third kappa shape index (κ3) is 4.55. The maximum atomic E-state index is 12.6. The molecule has 28 heavy (non-hydrogen) atoms. The summed E-state index contributed by atoms with van der Waals surface area (Å²) in [7, 11) is 2.72. The van der Waals surface area contributed by atoms with Crippen LogP contribution >= 0.6 is 23.2 Å². The van der Waals surface area contributed by atoms with E-state index in [0.717, 1.165) is 0 Å². The Labute approximate surface area is 170 Å². The van der Waals surface area contributed by atoms with Crippen molar-refractivity contribution in [3.63, 3.8) is 0 Å². The second-order valence-corrected chi connectivity index (χ2v) is 6.09. The van der Waals surface area contributed by atoms with E-state index in [0.29, 0.717) is 5.56 Å². The number of rotatable bonds is 6. The normalized spacial score (nSPS) is 10.8. The Balaban J connectivity index is 2.40. The molecule has 0 bridgehead atoms. The molecule has 1 amide bonds. The number of amides is 1. The van der Waals surface area contributed by atoms with Crippen LogP contribution in [0.25, 0.3) is 6.08 Å². The highest BCUT2D eigenvalue weighted by Crippen LogP contribution is 2.36. The Bertz CT molecular complexity index is 1010. The lowest BCUT2D eigenvalue weighted by atomic mass is 10.1. The van der Waals surface area contributed by atoms with E-state index in [9.17, 15) is 9.59 Å². The Morgan fingerprint density at radius 2 is 1.75 bits per heavy atom. The number of carbonyl (C=O) groups is 2. The Hall–Kier alpha value is -3.21. The van der Waals surface area contributed by atoms with Gasteiger partial charge < -0.3 is 19.9 Å². The van der Waals surface area contributed by atoms with Crippen LogP contribution in [-0.4, -0.2) is 26.1 Å². The topological polar surface area (TPSA) is 112 Å². The van der Waals surface area contributed by atoms with Crippen LogP contribution in [0.15, 0.2) is 35.9 Å². The molecule has 0 aromatic heterocycles. The third-order valence-corrected chi connectivity index (χ3v) is 4.17. The largest absolute Gasteiger partial charge is 0.494 e. The van der Waals surface area contributed by atoms with Gasteiger partial charge in [-0.3, -0.25) is 4.79 Å². The van der Waals surface area contributed by atoms with Crippen LogP contribution in [0, 0.1) is 11.3 Å². The molecule has 0 saturated heterocycles. The molecule has 0 aliphatic rings. The maximum absolute atomic E-state index is 12.6. The average molecular weight is 421 g/mol.